The van der Waals surface area contributed by atoms with Crippen molar-refractivity contribution in [2.75, 3.05) is 13.2 Å². The average molecular weight is 288 g/mol. The van der Waals surface area contributed by atoms with Crippen molar-refractivity contribution < 1.29 is 4.74 Å². The fourth-order valence-electron chi connectivity index (χ4n) is 2.18. The summed E-state index contributed by atoms with van der Waals surface area (Å²) >= 11 is 0. The van der Waals surface area contributed by atoms with E-state index in [1.54, 1.807) is 0 Å². The van der Waals surface area contributed by atoms with E-state index in [0.29, 0.717) is 6.61 Å². The molecule has 21 heavy (non-hydrogen) atoms. The summed E-state index contributed by atoms with van der Waals surface area (Å²) < 4.78 is 7.85. The quantitative estimate of drug-likeness (QED) is 0.771. The Morgan fingerprint density at radius 1 is 1.19 bits per heavy atom. The van der Waals surface area contributed by atoms with E-state index in [0.717, 1.165) is 37.4 Å². The second kappa shape index (κ2) is 8.42. The highest BCUT2D eigenvalue weighted by molar-refractivity contribution is 5.21. The Morgan fingerprint density at radius 2 is 2.00 bits per heavy atom. The van der Waals surface area contributed by atoms with Crippen LogP contribution < -0.4 is 10.1 Å². The molecule has 0 saturated heterocycles. The van der Waals surface area contributed by atoms with E-state index in [4.69, 9.17) is 4.74 Å². The molecule has 0 fully saturated rings. The first kappa shape index (κ1) is 15.5. The number of hydrogen-bond donors (Lipinski definition) is 1. The number of rotatable bonds is 9. The van der Waals surface area contributed by atoms with Gasteiger partial charge in [-0.05, 0) is 31.5 Å². The molecule has 5 heteroatoms. The zero-order valence-corrected chi connectivity index (χ0v) is 12.8. The minimum atomic E-state index is 0.103. The van der Waals surface area contributed by atoms with Gasteiger partial charge in [-0.2, -0.15) is 0 Å². The Morgan fingerprint density at radius 3 is 2.71 bits per heavy atom. The smallest absolute Gasteiger partial charge is 0.119 e. The first-order valence-corrected chi connectivity index (χ1v) is 7.64. The highest BCUT2D eigenvalue weighted by Crippen LogP contribution is 2.16. The molecule has 1 heterocycles. The molecule has 0 bridgehead atoms. The zero-order valence-electron chi connectivity index (χ0n) is 12.8. The van der Waals surface area contributed by atoms with Crippen molar-refractivity contribution in [3.63, 3.8) is 0 Å². The molecule has 1 aromatic heterocycles. The van der Waals surface area contributed by atoms with E-state index in [1.807, 2.05) is 41.2 Å². The van der Waals surface area contributed by atoms with E-state index in [1.165, 1.54) is 0 Å². The number of para-hydroxylation sites is 1. The van der Waals surface area contributed by atoms with Gasteiger partial charge in [-0.25, -0.2) is 4.68 Å². The standard InChI is InChI=1S/C16H24N4O/c1-3-10-17-15(13-21-14-8-6-5-7-9-14)16-12-18-19-20(16)11-4-2/h5-9,12,15,17H,3-4,10-11,13H2,1-2H3. The van der Waals surface area contributed by atoms with Gasteiger partial charge in [0.2, 0.25) is 0 Å². The van der Waals surface area contributed by atoms with Crippen molar-refractivity contribution in [2.24, 2.45) is 0 Å². The summed E-state index contributed by atoms with van der Waals surface area (Å²) in [5, 5.41) is 11.7. The summed E-state index contributed by atoms with van der Waals surface area (Å²) in [6, 6.07) is 9.99. The van der Waals surface area contributed by atoms with E-state index in [2.05, 4.69) is 29.5 Å². The minimum Gasteiger partial charge on any atom is -0.492 e. The summed E-state index contributed by atoms with van der Waals surface area (Å²) in [6.07, 6.45) is 3.95. The maximum Gasteiger partial charge on any atom is 0.119 e. The van der Waals surface area contributed by atoms with Crippen molar-refractivity contribution >= 4 is 0 Å². The van der Waals surface area contributed by atoms with Gasteiger partial charge >= 0.3 is 0 Å². The molecule has 1 atom stereocenters. The van der Waals surface area contributed by atoms with Gasteiger partial charge < -0.3 is 10.1 Å². The monoisotopic (exact) mass is 288 g/mol. The lowest BCUT2D eigenvalue weighted by Gasteiger charge is -2.19. The van der Waals surface area contributed by atoms with Crippen molar-refractivity contribution in [1.29, 1.82) is 0 Å². The number of nitrogens with one attached hydrogen (secondary N) is 1. The molecule has 0 aliphatic heterocycles. The minimum absolute atomic E-state index is 0.103. The van der Waals surface area contributed by atoms with Crippen molar-refractivity contribution in [3.8, 4) is 5.75 Å². The third-order valence-corrected chi connectivity index (χ3v) is 3.24. The Kier molecular flexibility index (Phi) is 6.22. The Bertz CT molecular complexity index is 512. The molecule has 1 aromatic carbocycles. The lowest BCUT2D eigenvalue weighted by atomic mass is 10.2. The van der Waals surface area contributed by atoms with Crippen molar-refractivity contribution in [3.05, 3.63) is 42.2 Å². The molecule has 0 spiro atoms. The number of benzene rings is 1. The van der Waals surface area contributed by atoms with Gasteiger partial charge in [-0.1, -0.05) is 37.3 Å². The average Bonchev–Trinajstić information content (AvgIpc) is 2.97. The first-order valence-electron chi connectivity index (χ1n) is 7.64. The largest absolute Gasteiger partial charge is 0.492 e. The maximum atomic E-state index is 5.89. The molecule has 0 radical (unpaired) electrons. The van der Waals surface area contributed by atoms with E-state index < -0.39 is 0 Å². The molecular weight excluding hydrogens is 264 g/mol. The lowest BCUT2D eigenvalue weighted by Crippen LogP contribution is -2.29. The first-order chi connectivity index (χ1) is 10.3. The summed E-state index contributed by atoms with van der Waals surface area (Å²) in [5.41, 5.74) is 1.08. The van der Waals surface area contributed by atoms with Crippen LogP contribution in [0.2, 0.25) is 0 Å². The predicted octanol–water partition coefficient (Wildman–Crippen LogP) is 2.81. The third kappa shape index (κ3) is 4.56. The van der Waals surface area contributed by atoms with E-state index >= 15 is 0 Å². The molecule has 0 saturated carbocycles. The second-order valence-electron chi connectivity index (χ2n) is 5.01. The van der Waals surface area contributed by atoms with Gasteiger partial charge in [0.15, 0.2) is 0 Å². The van der Waals surface area contributed by atoms with E-state index in [9.17, 15) is 0 Å². The van der Waals surface area contributed by atoms with Crippen LogP contribution in [0.3, 0.4) is 0 Å². The third-order valence-electron chi connectivity index (χ3n) is 3.24. The molecule has 0 aliphatic carbocycles. The molecule has 114 valence electrons. The Labute approximate surface area is 126 Å². The predicted molar refractivity (Wildman–Crippen MR) is 83.3 cm³/mol. The van der Waals surface area contributed by atoms with Gasteiger partial charge in [0.05, 0.1) is 17.9 Å². The number of nitrogens with zero attached hydrogens (tertiary/aromatic N) is 3. The van der Waals surface area contributed by atoms with Crippen LogP contribution in [0.5, 0.6) is 5.75 Å². The fourth-order valence-corrected chi connectivity index (χ4v) is 2.18. The van der Waals surface area contributed by atoms with Gasteiger partial charge in [-0.3, -0.25) is 0 Å². The molecule has 0 amide bonds. The second-order valence-corrected chi connectivity index (χ2v) is 5.01. The SMILES string of the molecule is CCCNC(COc1ccccc1)c1cnnn1CCC. The fraction of sp³-hybridized carbons (Fsp3) is 0.500. The number of aromatic nitrogens is 3. The van der Waals surface area contributed by atoms with Crippen LogP contribution in [-0.2, 0) is 6.54 Å². The summed E-state index contributed by atoms with van der Waals surface area (Å²) in [4.78, 5) is 0. The highest BCUT2D eigenvalue weighted by Gasteiger charge is 2.17. The topological polar surface area (TPSA) is 52.0 Å². The number of hydrogen-bond acceptors (Lipinski definition) is 4. The molecule has 1 N–H and O–H groups in total. The Balaban J connectivity index is 2.04. The van der Waals surface area contributed by atoms with E-state index in [-0.39, 0.29) is 6.04 Å². The normalized spacial score (nSPS) is 12.3. The maximum absolute atomic E-state index is 5.89. The van der Waals surface area contributed by atoms with Crippen LogP contribution in [-0.4, -0.2) is 28.1 Å². The summed E-state index contributed by atoms with van der Waals surface area (Å²) in [6.45, 7) is 6.69. The molecule has 1 unspecified atom stereocenters. The van der Waals surface area contributed by atoms with Crippen molar-refractivity contribution in [2.45, 2.75) is 39.3 Å². The van der Waals surface area contributed by atoms with Gasteiger partial charge in [0.1, 0.15) is 12.4 Å². The molecule has 2 aromatic rings. The van der Waals surface area contributed by atoms with Crippen LogP contribution >= 0.6 is 0 Å². The summed E-state index contributed by atoms with van der Waals surface area (Å²) in [7, 11) is 0. The van der Waals surface area contributed by atoms with Crippen LogP contribution in [0, 0.1) is 0 Å². The van der Waals surface area contributed by atoms with Gasteiger partial charge in [0, 0.05) is 6.54 Å². The molecule has 5 nitrogen and oxygen atoms in total. The van der Waals surface area contributed by atoms with Gasteiger partial charge in [0.25, 0.3) is 0 Å². The molecule has 0 aliphatic rings. The van der Waals surface area contributed by atoms with Crippen LogP contribution in [0.25, 0.3) is 0 Å². The highest BCUT2D eigenvalue weighted by atomic mass is 16.5. The zero-order chi connectivity index (χ0) is 14.9. The van der Waals surface area contributed by atoms with Crippen LogP contribution in [0.4, 0.5) is 0 Å². The number of aryl methyl sites for hydroxylation is 1. The van der Waals surface area contributed by atoms with Crippen LogP contribution in [0.15, 0.2) is 36.5 Å². The molecular formula is C16H24N4O. The van der Waals surface area contributed by atoms with Crippen molar-refractivity contribution in [1.82, 2.24) is 20.3 Å². The molecule has 2 rings (SSSR count). The number of ether oxygens (including phenoxy) is 1. The van der Waals surface area contributed by atoms with Crippen LogP contribution in [0.1, 0.15) is 38.4 Å². The summed E-state index contributed by atoms with van der Waals surface area (Å²) in [5.74, 6) is 0.885. The van der Waals surface area contributed by atoms with Gasteiger partial charge in [-0.15, -0.1) is 5.10 Å². The lowest BCUT2D eigenvalue weighted by molar-refractivity contribution is 0.258. The Hall–Kier alpha value is -1.88.